The molecule has 0 fully saturated rings. The van der Waals surface area contributed by atoms with Crippen LogP contribution in [-0.2, 0) is 0 Å². The van der Waals surface area contributed by atoms with E-state index in [9.17, 15) is 0 Å². The fourth-order valence-corrected chi connectivity index (χ4v) is 1.45. The van der Waals surface area contributed by atoms with Crippen molar-refractivity contribution in [2.45, 2.75) is 0 Å². The van der Waals surface area contributed by atoms with Gasteiger partial charge >= 0.3 is 0 Å². The Morgan fingerprint density at radius 3 is 2.33 bits per heavy atom. The highest BCUT2D eigenvalue weighted by atomic mass is 15.1. The topological polar surface area (TPSA) is 3.24 Å². The minimum absolute atomic E-state index is 0.882. The number of allylic oxidation sites excluding steroid dienone is 3. The van der Waals surface area contributed by atoms with Gasteiger partial charge in [-0.3, -0.25) is 0 Å². The molecule has 0 aromatic heterocycles. The highest BCUT2D eigenvalue weighted by Gasteiger charge is 1.92. The van der Waals surface area contributed by atoms with Gasteiger partial charge in [0, 0.05) is 25.3 Å². The number of benzene rings is 1. The van der Waals surface area contributed by atoms with Gasteiger partial charge in [0.2, 0.25) is 0 Å². The molecule has 0 radical (unpaired) electrons. The Bertz CT molecular complexity index is 644. The Morgan fingerprint density at radius 2 is 1.72 bits per heavy atom. The number of anilines is 1. The summed E-state index contributed by atoms with van der Waals surface area (Å²) in [7, 11) is 4.03. The van der Waals surface area contributed by atoms with Crippen LogP contribution in [0.1, 0.15) is 5.56 Å². The second kappa shape index (κ2) is 5.65. The van der Waals surface area contributed by atoms with Gasteiger partial charge in [-0.2, -0.15) is 0 Å². The first-order valence-electron chi connectivity index (χ1n) is 5.68. The van der Waals surface area contributed by atoms with Crippen LogP contribution in [0.4, 0.5) is 5.69 Å². The molecule has 1 aromatic carbocycles. The maximum absolute atomic E-state index is 3.02. The molecule has 0 N–H and O–H groups in total. The van der Waals surface area contributed by atoms with E-state index in [1.54, 1.807) is 0 Å². The van der Waals surface area contributed by atoms with Crippen LogP contribution in [0.15, 0.2) is 53.8 Å². The summed E-state index contributed by atoms with van der Waals surface area (Å²) >= 11 is 0. The van der Waals surface area contributed by atoms with Gasteiger partial charge in [-0.05, 0) is 54.2 Å². The molecule has 1 heteroatoms. The predicted octanol–water partition coefficient (Wildman–Crippen LogP) is 2.76. The molecule has 0 heterocycles. The minimum Gasteiger partial charge on any atom is -0.378 e. The Hall–Kier alpha value is -2.60. The van der Waals surface area contributed by atoms with Gasteiger partial charge in [0.05, 0.1) is 5.57 Å². The van der Waals surface area contributed by atoms with Crippen LogP contribution < -0.4 is 4.90 Å². The first kappa shape index (κ1) is 11.9. The van der Waals surface area contributed by atoms with Gasteiger partial charge in [0.1, 0.15) is 0 Å². The summed E-state index contributed by atoms with van der Waals surface area (Å²) in [5, 5.41) is 0. The third-order valence-corrected chi connectivity index (χ3v) is 2.45. The van der Waals surface area contributed by atoms with Crippen molar-refractivity contribution in [2.75, 3.05) is 19.0 Å². The lowest BCUT2D eigenvalue weighted by Gasteiger charge is -2.11. The smallest absolute Gasteiger partial charge is 0.0674 e. The lowest BCUT2D eigenvalue weighted by atomic mass is 10.2. The SMILES string of the molecule is CN(C)c1ccc(C#CC#CC2=C=CC=C2)cc1. The van der Waals surface area contributed by atoms with Crippen molar-refractivity contribution in [3.8, 4) is 23.7 Å². The normalized spacial score (nSPS) is 11.1. The van der Waals surface area contributed by atoms with Crippen molar-refractivity contribution in [3.63, 3.8) is 0 Å². The van der Waals surface area contributed by atoms with Crippen molar-refractivity contribution in [1.29, 1.82) is 0 Å². The number of hydrogen-bond acceptors (Lipinski definition) is 1. The van der Waals surface area contributed by atoms with Crippen LogP contribution in [-0.4, -0.2) is 14.1 Å². The summed E-state index contributed by atoms with van der Waals surface area (Å²) in [5.41, 5.74) is 6.03. The van der Waals surface area contributed by atoms with E-state index in [2.05, 4.69) is 34.3 Å². The summed E-state index contributed by atoms with van der Waals surface area (Å²) in [6.07, 6.45) is 5.68. The maximum atomic E-state index is 3.02. The van der Waals surface area contributed by atoms with Crippen molar-refractivity contribution in [2.24, 2.45) is 0 Å². The van der Waals surface area contributed by atoms with Gasteiger partial charge in [0.25, 0.3) is 0 Å². The fraction of sp³-hybridized carbons (Fsp3) is 0.118. The Morgan fingerprint density at radius 1 is 1.00 bits per heavy atom. The van der Waals surface area contributed by atoms with Crippen LogP contribution in [0.25, 0.3) is 0 Å². The fourth-order valence-electron chi connectivity index (χ4n) is 1.45. The van der Waals surface area contributed by atoms with Gasteiger partial charge in [-0.1, -0.05) is 12.0 Å². The Balaban J connectivity index is 2.06. The van der Waals surface area contributed by atoms with Gasteiger partial charge < -0.3 is 4.90 Å². The number of hydrogen-bond donors (Lipinski definition) is 0. The molecule has 0 spiro atoms. The monoisotopic (exact) mass is 231 g/mol. The molecule has 0 atom stereocenters. The van der Waals surface area contributed by atoms with Crippen molar-refractivity contribution in [3.05, 3.63) is 59.4 Å². The average Bonchev–Trinajstić information content (AvgIpc) is 2.88. The third-order valence-electron chi connectivity index (χ3n) is 2.45. The van der Waals surface area contributed by atoms with Crippen LogP contribution in [0, 0.1) is 23.7 Å². The molecule has 0 saturated carbocycles. The van der Waals surface area contributed by atoms with E-state index in [-0.39, 0.29) is 0 Å². The van der Waals surface area contributed by atoms with Crippen molar-refractivity contribution in [1.82, 2.24) is 0 Å². The van der Waals surface area contributed by atoms with Crippen LogP contribution >= 0.6 is 0 Å². The molecule has 1 nitrogen and oxygen atoms in total. The van der Waals surface area contributed by atoms with Crippen LogP contribution in [0.3, 0.4) is 0 Å². The zero-order chi connectivity index (χ0) is 12.8. The quantitative estimate of drug-likeness (QED) is 0.530. The van der Waals surface area contributed by atoms with Gasteiger partial charge in [0.15, 0.2) is 0 Å². The molecule has 1 aromatic rings. The van der Waals surface area contributed by atoms with E-state index < -0.39 is 0 Å². The molecule has 1 aliphatic rings. The molecular weight excluding hydrogens is 218 g/mol. The predicted molar refractivity (Wildman–Crippen MR) is 76.2 cm³/mol. The minimum atomic E-state index is 0.882. The summed E-state index contributed by atoms with van der Waals surface area (Å²) < 4.78 is 0. The van der Waals surface area contributed by atoms with E-state index in [1.807, 2.05) is 56.6 Å². The van der Waals surface area contributed by atoms with Crippen molar-refractivity contribution < 1.29 is 0 Å². The molecule has 0 saturated heterocycles. The van der Waals surface area contributed by atoms with Gasteiger partial charge in [-0.25, -0.2) is 0 Å². The third kappa shape index (κ3) is 3.19. The van der Waals surface area contributed by atoms with Gasteiger partial charge in [-0.15, -0.1) is 5.73 Å². The standard InChI is InChI=1S/C17H13N/c1-18(2)17-13-11-16(12-14-17)10-6-5-9-15-7-3-4-8-15/h3-4,7,11-14H,1-2H3. The van der Waals surface area contributed by atoms with E-state index in [4.69, 9.17) is 0 Å². The molecule has 0 aliphatic heterocycles. The van der Waals surface area contributed by atoms with Crippen LogP contribution in [0.5, 0.6) is 0 Å². The molecule has 86 valence electrons. The molecule has 1 aliphatic carbocycles. The lowest BCUT2D eigenvalue weighted by Crippen LogP contribution is -2.07. The Kier molecular flexibility index (Phi) is 3.72. The molecule has 0 unspecified atom stereocenters. The maximum Gasteiger partial charge on any atom is 0.0674 e. The molecule has 2 rings (SSSR count). The largest absolute Gasteiger partial charge is 0.378 e. The zero-order valence-corrected chi connectivity index (χ0v) is 10.5. The summed E-state index contributed by atoms with van der Waals surface area (Å²) in [4.78, 5) is 2.06. The number of rotatable bonds is 1. The first-order chi connectivity index (χ1) is 8.75. The summed E-state index contributed by atoms with van der Waals surface area (Å²) in [6.45, 7) is 0. The summed E-state index contributed by atoms with van der Waals surface area (Å²) in [5.74, 6) is 11.6. The second-order valence-corrected chi connectivity index (χ2v) is 4.03. The highest BCUT2D eigenvalue weighted by molar-refractivity contribution is 5.51. The average molecular weight is 231 g/mol. The van der Waals surface area contributed by atoms with E-state index >= 15 is 0 Å². The van der Waals surface area contributed by atoms with E-state index in [0.717, 1.165) is 16.8 Å². The Labute approximate surface area is 108 Å². The van der Waals surface area contributed by atoms with Crippen LogP contribution in [0.2, 0.25) is 0 Å². The number of nitrogens with zero attached hydrogens (tertiary/aromatic N) is 1. The lowest BCUT2D eigenvalue weighted by molar-refractivity contribution is 1.13. The van der Waals surface area contributed by atoms with E-state index in [1.165, 1.54) is 0 Å². The second-order valence-electron chi connectivity index (χ2n) is 4.03. The highest BCUT2D eigenvalue weighted by Crippen LogP contribution is 2.11. The first-order valence-corrected chi connectivity index (χ1v) is 5.68. The zero-order valence-electron chi connectivity index (χ0n) is 10.5. The summed E-state index contributed by atoms with van der Waals surface area (Å²) in [6, 6.07) is 8.09. The molecule has 0 amide bonds. The van der Waals surface area contributed by atoms with E-state index in [0.29, 0.717) is 0 Å². The van der Waals surface area contributed by atoms with Crippen molar-refractivity contribution >= 4 is 5.69 Å². The molecular formula is C17H13N. The molecule has 18 heavy (non-hydrogen) atoms. The molecule has 0 bridgehead atoms.